The molecule has 136 valence electrons. The second kappa shape index (κ2) is 8.07. The summed E-state index contributed by atoms with van der Waals surface area (Å²) in [5, 5.41) is 10.5. The van der Waals surface area contributed by atoms with Crippen LogP contribution in [0, 0.1) is 18.3 Å². The van der Waals surface area contributed by atoms with Gasteiger partial charge < -0.3 is 19.3 Å². The third kappa shape index (κ3) is 3.89. The van der Waals surface area contributed by atoms with Gasteiger partial charge in [0.25, 0.3) is 5.91 Å². The zero-order chi connectivity index (χ0) is 18.5. The highest BCUT2D eigenvalue weighted by Crippen LogP contribution is 2.30. The molecule has 2 aromatic rings. The van der Waals surface area contributed by atoms with Crippen molar-refractivity contribution in [2.45, 2.75) is 18.9 Å². The standard InChI is InChI=1S/C20H23N3O3/c1-3-14-26-17-6-4-16(5-7-17)20(25)23-11-8-15(9-12-23)18(24)19-21-10-13-22(19)2/h1,4-7,10,13,15,18,24H,8-9,11-12,14H2,2H3/t18-/m1/s1. The summed E-state index contributed by atoms with van der Waals surface area (Å²) in [6.07, 6.45) is 9.59. The molecule has 0 unspecified atom stereocenters. The van der Waals surface area contributed by atoms with E-state index < -0.39 is 6.10 Å². The topological polar surface area (TPSA) is 67.6 Å². The Kier molecular flexibility index (Phi) is 5.59. The zero-order valence-electron chi connectivity index (χ0n) is 14.8. The molecule has 1 N–H and O–H groups in total. The number of benzene rings is 1. The average Bonchev–Trinajstić information content (AvgIpc) is 3.11. The van der Waals surface area contributed by atoms with Gasteiger partial charge in [0.2, 0.25) is 0 Å². The number of aromatic nitrogens is 2. The van der Waals surface area contributed by atoms with Gasteiger partial charge in [-0.3, -0.25) is 4.79 Å². The summed E-state index contributed by atoms with van der Waals surface area (Å²) >= 11 is 0. The number of likely N-dealkylation sites (tertiary alicyclic amines) is 1. The number of carbonyl (C=O) groups excluding carboxylic acids is 1. The van der Waals surface area contributed by atoms with Gasteiger partial charge in [0.1, 0.15) is 24.3 Å². The SMILES string of the molecule is C#CCOc1ccc(C(=O)N2CCC([C@@H](O)c3nccn3C)CC2)cc1. The second-order valence-corrected chi connectivity index (χ2v) is 6.49. The monoisotopic (exact) mass is 353 g/mol. The number of aliphatic hydroxyl groups is 1. The van der Waals surface area contributed by atoms with Crippen LogP contribution in [0.4, 0.5) is 0 Å². The molecule has 1 saturated heterocycles. The Morgan fingerprint density at radius 1 is 1.38 bits per heavy atom. The number of aryl methyl sites for hydroxylation is 1. The van der Waals surface area contributed by atoms with Crippen LogP contribution in [0.1, 0.15) is 35.1 Å². The van der Waals surface area contributed by atoms with E-state index in [4.69, 9.17) is 11.2 Å². The Morgan fingerprint density at radius 2 is 2.08 bits per heavy atom. The van der Waals surface area contributed by atoms with E-state index in [9.17, 15) is 9.90 Å². The highest BCUT2D eigenvalue weighted by atomic mass is 16.5. The third-order valence-corrected chi connectivity index (χ3v) is 4.82. The molecule has 1 fully saturated rings. The molecule has 1 aliphatic rings. The van der Waals surface area contributed by atoms with Gasteiger partial charge in [-0.25, -0.2) is 4.98 Å². The highest BCUT2D eigenvalue weighted by molar-refractivity contribution is 5.94. The minimum atomic E-state index is -0.597. The Morgan fingerprint density at radius 3 is 2.65 bits per heavy atom. The minimum Gasteiger partial charge on any atom is -0.481 e. The summed E-state index contributed by atoms with van der Waals surface area (Å²) in [7, 11) is 1.88. The first-order chi connectivity index (χ1) is 12.6. The number of aliphatic hydroxyl groups excluding tert-OH is 1. The van der Waals surface area contributed by atoms with Gasteiger partial charge in [-0.05, 0) is 43.0 Å². The number of hydrogen-bond acceptors (Lipinski definition) is 4. The number of rotatable bonds is 5. The molecule has 0 bridgehead atoms. The molecule has 1 amide bonds. The lowest BCUT2D eigenvalue weighted by atomic mass is 9.90. The molecule has 0 saturated carbocycles. The molecule has 26 heavy (non-hydrogen) atoms. The number of terminal acetylenes is 1. The largest absolute Gasteiger partial charge is 0.481 e. The lowest BCUT2D eigenvalue weighted by Crippen LogP contribution is -2.40. The van der Waals surface area contributed by atoms with Gasteiger partial charge >= 0.3 is 0 Å². The van der Waals surface area contributed by atoms with Gasteiger partial charge in [-0.1, -0.05) is 5.92 Å². The van der Waals surface area contributed by atoms with Crippen LogP contribution in [0.2, 0.25) is 0 Å². The van der Waals surface area contributed by atoms with Crippen molar-refractivity contribution >= 4 is 5.91 Å². The van der Waals surface area contributed by atoms with E-state index in [1.54, 1.807) is 30.5 Å². The Bertz CT molecular complexity index is 783. The molecular formula is C20H23N3O3. The lowest BCUT2D eigenvalue weighted by molar-refractivity contribution is 0.0420. The Labute approximate surface area is 153 Å². The number of imidazole rings is 1. The molecule has 0 spiro atoms. The van der Waals surface area contributed by atoms with Crippen LogP contribution in [-0.2, 0) is 7.05 Å². The summed E-state index contributed by atoms with van der Waals surface area (Å²) in [5.74, 6) is 3.85. The Hall–Kier alpha value is -2.78. The first-order valence-corrected chi connectivity index (χ1v) is 8.71. The minimum absolute atomic E-state index is 0.00145. The number of nitrogens with zero attached hydrogens (tertiary/aromatic N) is 3. The van der Waals surface area contributed by atoms with Crippen LogP contribution in [-0.4, -0.2) is 45.2 Å². The zero-order valence-corrected chi connectivity index (χ0v) is 14.8. The number of carbonyl (C=O) groups is 1. The fraction of sp³-hybridized carbons (Fsp3) is 0.400. The van der Waals surface area contributed by atoms with E-state index in [0.29, 0.717) is 30.2 Å². The highest BCUT2D eigenvalue weighted by Gasteiger charge is 2.30. The van der Waals surface area contributed by atoms with Crippen LogP contribution < -0.4 is 4.74 Å². The van der Waals surface area contributed by atoms with Crippen LogP contribution in [0.25, 0.3) is 0 Å². The smallest absolute Gasteiger partial charge is 0.253 e. The van der Waals surface area contributed by atoms with E-state index in [1.165, 1.54) is 0 Å². The second-order valence-electron chi connectivity index (χ2n) is 6.49. The van der Waals surface area contributed by atoms with E-state index >= 15 is 0 Å². The first-order valence-electron chi connectivity index (χ1n) is 8.71. The van der Waals surface area contributed by atoms with Crippen molar-refractivity contribution in [3.8, 4) is 18.1 Å². The fourth-order valence-electron chi connectivity index (χ4n) is 3.29. The molecular weight excluding hydrogens is 330 g/mol. The van der Waals surface area contributed by atoms with Crippen molar-refractivity contribution in [3.05, 3.63) is 48.0 Å². The maximum Gasteiger partial charge on any atom is 0.253 e. The molecule has 0 aliphatic carbocycles. The molecule has 1 aliphatic heterocycles. The number of amides is 1. The fourth-order valence-corrected chi connectivity index (χ4v) is 3.29. The molecule has 2 heterocycles. The summed E-state index contributed by atoms with van der Waals surface area (Å²) in [4.78, 5) is 18.7. The predicted molar refractivity (Wildman–Crippen MR) is 97.6 cm³/mol. The molecule has 6 nitrogen and oxygen atoms in total. The molecule has 1 aromatic heterocycles. The van der Waals surface area contributed by atoms with E-state index in [0.717, 1.165) is 12.8 Å². The van der Waals surface area contributed by atoms with Crippen molar-refractivity contribution < 1.29 is 14.6 Å². The van der Waals surface area contributed by atoms with Crippen LogP contribution in [0.5, 0.6) is 5.75 Å². The summed E-state index contributed by atoms with van der Waals surface area (Å²) in [6, 6.07) is 7.01. The van der Waals surface area contributed by atoms with Crippen molar-refractivity contribution in [1.29, 1.82) is 0 Å². The number of piperidine rings is 1. The van der Waals surface area contributed by atoms with Gasteiger partial charge in [0.05, 0.1) is 0 Å². The van der Waals surface area contributed by atoms with Gasteiger partial charge in [-0.2, -0.15) is 0 Å². The van der Waals surface area contributed by atoms with Crippen molar-refractivity contribution in [1.82, 2.24) is 14.5 Å². The third-order valence-electron chi connectivity index (χ3n) is 4.82. The molecule has 0 radical (unpaired) electrons. The molecule has 1 aromatic carbocycles. The van der Waals surface area contributed by atoms with E-state index in [2.05, 4.69) is 10.9 Å². The van der Waals surface area contributed by atoms with Crippen molar-refractivity contribution in [2.75, 3.05) is 19.7 Å². The number of ether oxygens (including phenoxy) is 1. The summed E-state index contributed by atoms with van der Waals surface area (Å²) < 4.78 is 7.16. The molecule has 3 rings (SSSR count). The maximum atomic E-state index is 12.7. The van der Waals surface area contributed by atoms with Gasteiger partial charge in [0, 0.05) is 38.1 Å². The Balaban J connectivity index is 1.56. The summed E-state index contributed by atoms with van der Waals surface area (Å²) in [6.45, 7) is 1.46. The van der Waals surface area contributed by atoms with Crippen LogP contribution in [0.15, 0.2) is 36.7 Å². The van der Waals surface area contributed by atoms with E-state index in [1.807, 2.05) is 22.7 Å². The lowest BCUT2D eigenvalue weighted by Gasteiger charge is -2.34. The van der Waals surface area contributed by atoms with Gasteiger partial charge in [-0.15, -0.1) is 6.42 Å². The normalized spacial score (nSPS) is 16.1. The van der Waals surface area contributed by atoms with Crippen molar-refractivity contribution in [2.24, 2.45) is 13.0 Å². The van der Waals surface area contributed by atoms with Crippen molar-refractivity contribution in [3.63, 3.8) is 0 Å². The number of hydrogen-bond donors (Lipinski definition) is 1. The maximum absolute atomic E-state index is 12.7. The predicted octanol–water partition coefficient (Wildman–Crippen LogP) is 2.02. The quantitative estimate of drug-likeness (QED) is 0.835. The van der Waals surface area contributed by atoms with Crippen LogP contribution in [0.3, 0.4) is 0 Å². The molecule has 6 heteroatoms. The van der Waals surface area contributed by atoms with Gasteiger partial charge in [0.15, 0.2) is 0 Å². The van der Waals surface area contributed by atoms with E-state index in [-0.39, 0.29) is 18.4 Å². The molecule has 1 atom stereocenters. The average molecular weight is 353 g/mol. The first kappa shape index (κ1) is 18.0. The summed E-state index contributed by atoms with van der Waals surface area (Å²) in [5.41, 5.74) is 0.626. The van der Waals surface area contributed by atoms with Crippen LogP contribution >= 0.6 is 0 Å².